The first kappa shape index (κ1) is 26.8. The van der Waals surface area contributed by atoms with Crippen molar-refractivity contribution < 1.29 is 14.3 Å². The summed E-state index contributed by atoms with van der Waals surface area (Å²) in [6, 6.07) is 23.2. The van der Waals surface area contributed by atoms with E-state index in [4.69, 9.17) is 21.1 Å². The van der Waals surface area contributed by atoms with Crippen molar-refractivity contribution in [2.45, 2.75) is 34.3 Å². The van der Waals surface area contributed by atoms with Crippen molar-refractivity contribution in [3.8, 4) is 11.1 Å². The third kappa shape index (κ3) is 5.69. The molecule has 6 heteroatoms. The number of carbonyl (C=O) groups is 1. The maximum atomic E-state index is 13.0. The lowest BCUT2D eigenvalue weighted by molar-refractivity contribution is -0.137. The molecule has 5 nitrogen and oxygen atoms in total. The molecule has 1 aliphatic heterocycles. The van der Waals surface area contributed by atoms with Gasteiger partial charge in [-0.15, -0.1) is 0 Å². The van der Waals surface area contributed by atoms with Gasteiger partial charge < -0.3 is 9.47 Å². The van der Waals surface area contributed by atoms with Gasteiger partial charge in [0, 0.05) is 21.9 Å². The maximum Gasteiger partial charge on any atom is 0.360 e. The minimum Gasteiger partial charge on any atom is -0.486 e. The smallest absolute Gasteiger partial charge is 0.360 e. The average Bonchev–Trinajstić information content (AvgIpc) is 2.90. The zero-order valence-electron chi connectivity index (χ0n) is 21.3. The van der Waals surface area contributed by atoms with Crippen molar-refractivity contribution in [2.75, 3.05) is 7.11 Å². The summed E-state index contributed by atoms with van der Waals surface area (Å²) in [6.07, 6.45) is 0. The Labute approximate surface area is 218 Å². The van der Waals surface area contributed by atoms with E-state index in [-0.39, 0.29) is 12.3 Å². The SMILES string of the molecule is C=C1c2c(cccc2-c2cccc(Cl)c2)C(OCc2ccccc2)=C(C(=O)OC)N1N=C(C)C.CC. The van der Waals surface area contributed by atoms with Gasteiger partial charge in [-0.25, -0.2) is 9.80 Å². The summed E-state index contributed by atoms with van der Waals surface area (Å²) >= 11 is 6.29. The summed E-state index contributed by atoms with van der Waals surface area (Å²) in [5.74, 6) is -0.181. The normalized spacial score (nSPS) is 12.3. The van der Waals surface area contributed by atoms with Crippen molar-refractivity contribution in [3.63, 3.8) is 0 Å². The van der Waals surface area contributed by atoms with Crippen LogP contribution >= 0.6 is 11.6 Å². The maximum absolute atomic E-state index is 13.0. The van der Waals surface area contributed by atoms with Gasteiger partial charge in [-0.05, 0) is 42.7 Å². The molecule has 3 aromatic carbocycles. The molecule has 0 saturated carbocycles. The second-order valence-corrected chi connectivity index (χ2v) is 8.42. The molecule has 0 unspecified atom stereocenters. The van der Waals surface area contributed by atoms with Gasteiger partial charge in [0.05, 0.1) is 12.8 Å². The third-order valence-electron chi connectivity index (χ3n) is 5.32. The second kappa shape index (κ2) is 12.2. The monoisotopic (exact) mass is 502 g/mol. The number of methoxy groups -OCH3 is 1. The zero-order chi connectivity index (χ0) is 26.2. The van der Waals surface area contributed by atoms with Gasteiger partial charge in [0.25, 0.3) is 0 Å². The molecule has 0 atom stereocenters. The van der Waals surface area contributed by atoms with Crippen molar-refractivity contribution >= 4 is 34.7 Å². The number of esters is 1. The highest BCUT2D eigenvalue weighted by Gasteiger charge is 2.36. The van der Waals surface area contributed by atoms with Crippen LogP contribution in [0.2, 0.25) is 5.02 Å². The summed E-state index contributed by atoms with van der Waals surface area (Å²) in [6.45, 7) is 12.3. The molecule has 0 saturated heterocycles. The van der Waals surface area contributed by atoms with Crippen molar-refractivity contribution in [1.29, 1.82) is 0 Å². The Kier molecular flexibility index (Phi) is 9.09. The minimum atomic E-state index is -0.562. The van der Waals surface area contributed by atoms with Gasteiger partial charge in [0.2, 0.25) is 0 Å². The molecule has 0 N–H and O–H groups in total. The van der Waals surface area contributed by atoms with E-state index in [1.807, 2.05) is 100 Å². The van der Waals surface area contributed by atoms with Crippen LogP contribution in [0.15, 0.2) is 90.2 Å². The first-order valence-corrected chi connectivity index (χ1v) is 12.2. The van der Waals surface area contributed by atoms with Crippen LogP contribution in [0.3, 0.4) is 0 Å². The molecule has 0 bridgehead atoms. The standard InChI is InChI=1S/C28H25ClN2O3.C2H6/c1-18(2)30-31-19(3)25-23(21-12-8-13-22(29)16-21)14-9-15-24(25)27(26(31)28(32)33-4)34-17-20-10-6-5-7-11-20;1-2/h5-16H,3,17H2,1-2,4H3;1-2H3. The van der Waals surface area contributed by atoms with E-state index in [0.29, 0.717) is 16.5 Å². The van der Waals surface area contributed by atoms with Crippen LogP contribution in [0.5, 0.6) is 0 Å². The van der Waals surface area contributed by atoms with Crippen LogP contribution in [0.25, 0.3) is 22.6 Å². The lowest BCUT2D eigenvalue weighted by Gasteiger charge is -2.33. The van der Waals surface area contributed by atoms with Crippen molar-refractivity contribution in [3.05, 3.63) is 107 Å². The first-order chi connectivity index (χ1) is 17.4. The van der Waals surface area contributed by atoms with Gasteiger partial charge in [-0.1, -0.05) is 92.7 Å². The molecule has 0 aliphatic carbocycles. The Morgan fingerprint density at radius 3 is 2.28 bits per heavy atom. The Bertz CT molecular complexity index is 1310. The van der Waals surface area contributed by atoms with E-state index >= 15 is 0 Å². The van der Waals surface area contributed by atoms with E-state index in [9.17, 15) is 4.79 Å². The number of halogens is 1. The Hall–Kier alpha value is -3.83. The predicted octanol–water partition coefficient (Wildman–Crippen LogP) is 7.77. The molecule has 36 heavy (non-hydrogen) atoms. The van der Waals surface area contributed by atoms with Crippen LogP contribution in [0.4, 0.5) is 0 Å². The number of benzene rings is 3. The number of carbonyl (C=O) groups excluding carboxylic acids is 1. The highest BCUT2D eigenvalue weighted by molar-refractivity contribution is 6.30. The summed E-state index contributed by atoms with van der Waals surface area (Å²) in [5, 5.41) is 6.75. The van der Waals surface area contributed by atoms with Crippen LogP contribution in [-0.2, 0) is 20.9 Å². The largest absolute Gasteiger partial charge is 0.486 e. The number of nitrogens with zero attached hydrogens (tertiary/aromatic N) is 2. The van der Waals surface area contributed by atoms with E-state index in [0.717, 1.165) is 33.5 Å². The lowest BCUT2D eigenvalue weighted by atomic mass is 9.89. The predicted molar refractivity (Wildman–Crippen MR) is 148 cm³/mol. The molecule has 0 amide bonds. The van der Waals surface area contributed by atoms with Crippen molar-refractivity contribution in [1.82, 2.24) is 5.01 Å². The molecule has 0 fully saturated rings. The van der Waals surface area contributed by atoms with Crippen LogP contribution in [0.1, 0.15) is 44.4 Å². The molecular formula is C30H31ClN2O3. The molecule has 3 aromatic rings. The summed E-state index contributed by atoms with van der Waals surface area (Å²) in [5.41, 5.74) is 5.81. The highest BCUT2D eigenvalue weighted by atomic mass is 35.5. The van der Waals surface area contributed by atoms with E-state index in [1.54, 1.807) is 0 Å². The fourth-order valence-electron chi connectivity index (χ4n) is 3.88. The molecule has 0 aromatic heterocycles. The van der Waals surface area contributed by atoms with E-state index in [1.165, 1.54) is 12.1 Å². The van der Waals surface area contributed by atoms with Gasteiger partial charge in [0.1, 0.15) is 6.61 Å². The molecule has 186 valence electrons. The molecular weight excluding hydrogens is 472 g/mol. The topological polar surface area (TPSA) is 51.1 Å². The first-order valence-electron chi connectivity index (χ1n) is 11.8. The zero-order valence-corrected chi connectivity index (χ0v) is 22.1. The number of fused-ring (bicyclic) bond motifs is 1. The molecule has 1 heterocycles. The second-order valence-electron chi connectivity index (χ2n) is 7.99. The lowest BCUT2D eigenvalue weighted by Crippen LogP contribution is -2.29. The van der Waals surface area contributed by atoms with Crippen molar-refractivity contribution in [2.24, 2.45) is 5.10 Å². The van der Waals surface area contributed by atoms with Crippen LogP contribution in [0, 0.1) is 0 Å². The summed E-state index contributed by atoms with van der Waals surface area (Å²) < 4.78 is 11.4. The Morgan fingerprint density at radius 2 is 1.64 bits per heavy atom. The molecule has 1 aliphatic rings. The summed E-state index contributed by atoms with van der Waals surface area (Å²) in [7, 11) is 1.34. The Morgan fingerprint density at radius 1 is 0.972 bits per heavy atom. The number of hydrogen-bond acceptors (Lipinski definition) is 5. The number of rotatable bonds is 6. The fourth-order valence-corrected chi connectivity index (χ4v) is 4.07. The molecule has 0 spiro atoms. The quantitative estimate of drug-likeness (QED) is 0.255. The fraction of sp³-hybridized carbons (Fsp3) is 0.200. The molecule has 0 radical (unpaired) electrons. The minimum absolute atomic E-state index is 0.181. The number of hydrazone groups is 1. The van der Waals surface area contributed by atoms with Gasteiger partial charge in [-0.3, -0.25) is 0 Å². The average molecular weight is 503 g/mol. The van der Waals surface area contributed by atoms with Crippen LogP contribution < -0.4 is 0 Å². The van der Waals surface area contributed by atoms with Gasteiger partial charge in [0.15, 0.2) is 11.5 Å². The van der Waals surface area contributed by atoms with Crippen LogP contribution in [-0.4, -0.2) is 23.8 Å². The Balaban J connectivity index is 0.00000176. The highest BCUT2D eigenvalue weighted by Crippen LogP contribution is 2.44. The summed E-state index contributed by atoms with van der Waals surface area (Å²) in [4.78, 5) is 13.0. The van der Waals surface area contributed by atoms with Gasteiger partial charge >= 0.3 is 5.97 Å². The van der Waals surface area contributed by atoms with E-state index < -0.39 is 5.97 Å². The van der Waals surface area contributed by atoms with E-state index in [2.05, 4.69) is 11.7 Å². The third-order valence-corrected chi connectivity index (χ3v) is 5.56. The number of hydrogen-bond donors (Lipinski definition) is 0. The van der Waals surface area contributed by atoms with Gasteiger partial charge in [-0.2, -0.15) is 5.10 Å². The molecule has 4 rings (SSSR count). The number of ether oxygens (including phenoxy) is 2.